The number of aryl methyl sites for hydroxylation is 1. The summed E-state index contributed by atoms with van der Waals surface area (Å²) in [4.78, 5) is 19.8. The molecular formula is C32H29N5OS. The van der Waals surface area contributed by atoms with Gasteiger partial charge in [-0.1, -0.05) is 60.7 Å². The minimum atomic E-state index is -0.219. The van der Waals surface area contributed by atoms with Crippen LogP contribution in [0.1, 0.15) is 34.7 Å². The maximum atomic E-state index is 13.2. The fourth-order valence-electron chi connectivity index (χ4n) is 5.65. The van der Waals surface area contributed by atoms with Gasteiger partial charge in [0.05, 0.1) is 23.5 Å². The van der Waals surface area contributed by atoms with E-state index in [1.165, 1.54) is 10.8 Å². The number of thiocarbonyl (C=S) groups is 1. The SMILES string of the molecule is Cc1cc([C@H]2[C@H](c3ccccn3)NC(=S)N2CC(=O)Nc2ccccc2)c(C)n1-c1cccc2ccccc12. The van der Waals surface area contributed by atoms with E-state index in [0.29, 0.717) is 5.11 Å². The number of hydrogen-bond acceptors (Lipinski definition) is 3. The van der Waals surface area contributed by atoms with Gasteiger partial charge in [-0.25, -0.2) is 0 Å². The number of benzene rings is 3. The number of para-hydroxylation sites is 1. The lowest BCUT2D eigenvalue weighted by atomic mass is 9.96. The normalized spacial score (nSPS) is 16.9. The first-order valence-corrected chi connectivity index (χ1v) is 13.4. The third-order valence-electron chi connectivity index (χ3n) is 7.37. The largest absolute Gasteiger partial charge is 0.352 e. The molecule has 3 aromatic carbocycles. The van der Waals surface area contributed by atoms with Gasteiger partial charge < -0.3 is 20.1 Å². The van der Waals surface area contributed by atoms with E-state index in [1.54, 1.807) is 6.20 Å². The van der Waals surface area contributed by atoms with Crippen molar-refractivity contribution in [3.8, 4) is 5.69 Å². The van der Waals surface area contributed by atoms with Gasteiger partial charge in [-0.2, -0.15) is 0 Å². The minimum Gasteiger partial charge on any atom is -0.352 e. The Hall–Kier alpha value is -4.49. The Bertz CT molecular complexity index is 1660. The lowest BCUT2D eigenvalue weighted by Gasteiger charge is -2.27. The van der Waals surface area contributed by atoms with E-state index in [0.717, 1.165) is 34.0 Å². The molecule has 1 aliphatic rings. The first-order valence-electron chi connectivity index (χ1n) is 13.0. The molecule has 0 aliphatic carbocycles. The number of carbonyl (C=O) groups is 1. The molecule has 0 spiro atoms. The molecule has 2 N–H and O–H groups in total. The second-order valence-electron chi connectivity index (χ2n) is 9.83. The first kappa shape index (κ1) is 24.8. The molecule has 0 unspecified atom stereocenters. The highest BCUT2D eigenvalue weighted by atomic mass is 32.1. The van der Waals surface area contributed by atoms with Crippen LogP contribution in [0.3, 0.4) is 0 Å². The molecular weight excluding hydrogens is 502 g/mol. The average molecular weight is 532 g/mol. The number of nitrogens with zero attached hydrogens (tertiary/aromatic N) is 3. The third kappa shape index (κ3) is 4.66. The highest BCUT2D eigenvalue weighted by Crippen LogP contribution is 2.41. The van der Waals surface area contributed by atoms with Crippen LogP contribution in [0.2, 0.25) is 0 Å². The van der Waals surface area contributed by atoms with E-state index >= 15 is 0 Å². The number of aromatic nitrogens is 2. The number of fused-ring (bicyclic) bond motifs is 1. The van der Waals surface area contributed by atoms with Crippen molar-refractivity contribution < 1.29 is 4.79 Å². The second kappa shape index (κ2) is 10.3. The molecule has 1 saturated heterocycles. The van der Waals surface area contributed by atoms with Gasteiger partial charge in [0.15, 0.2) is 5.11 Å². The van der Waals surface area contributed by atoms with E-state index in [2.05, 4.69) is 82.6 Å². The molecule has 1 fully saturated rings. The van der Waals surface area contributed by atoms with E-state index in [4.69, 9.17) is 12.2 Å². The number of hydrogen-bond donors (Lipinski definition) is 2. The van der Waals surface area contributed by atoms with Crippen molar-refractivity contribution in [1.29, 1.82) is 0 Å². The molecule has 2 aromatic heterocycles. The van der Waals surface area contributed by atoms with Crippen LogP contribution in [-0.4, -0.2) is 32.0 Å². The fraction of sp³-hybridized carbons (Fsp3) is 0.156. The van der Waals surface area contributed by atoms with Crippen molar-refractivity contribution in [3.63, 3.8) is 0 Å². The summed E-state index contributed by atoms with van der Waals surface area (Å²) in [5.74, 6) is -0.125. The predicted octanol–water partition coefficient (Wildman–Crippen LogP) is 6.25. The van der Waals surface area contributed by atoms with E-state index in [-0.39, 0.29) is 24.5 Å². The topological polar surface area (TPSA) is 62.2 Å². The number of amides is 1. The van der Waals surface area contributed by atoms with Crippen molar-refractivity contribution in [2.24, 2.45) is 0 Å². The van der Waals surface area contributed by atoms with Crippen LogP contribution in [0.4, 0.5) is 5.69 Å². The number of nitrogens with one attached hydrogen (secondary N) is 2. The predicted molar refractivity (Wildman–Crippen MR) is 160 cm³/mol. The molecule has 5 aromatic rings. The van der Waals surface area contributed by atoms with E-state index < -0.39 is 0 Å². The van der Waals surface area contributed by atoms with Gasteiger partial charge in [0, 0.05) is 28.7 Å². The van der Waals surface area contributed by atoms with Crippen molar-refractivity contribution in [2.45, 2.75) is 25.9 Å². The zero-order valence-electron chi connectivity index (χ0n) is 21.8. The van der Waals surface area contributed by atoms with Crippen LogP contribution >= 0.6 is 12.2 Å². The van der Waals surface area contributed by atoms with Gasteiger partial charge in [0.2, 0.25) is 5.91 Å². The molecule has 194 valence electrons. The van der Waals surface area contributed by atoms with Gasteiger partial charge >= 0.3 is 0 Å². The van der Waals surface area contributed by atoms with Gasteiger partial charge in [0.1, 0.15) is 6.54 Å². The lowest BCUT2D eigenvalue weighted by molar-refractivity contribution is -0.116. The number of pyridine rings is 1. The molecule has 0 radical (unpaired) electrons. The number of anilines is 1. The van der Waals surface area contributed by atoms with Crippen molar-refractivity contribution >= 4 is 39.7 Å². The summed E-state index contributed by atoms with van der Waals surface area (Å²) >= 11 is 5.82. The Morgan fingerprint density at radius 1 is 0.949 bits per heavy atom. The smallest absolute Gasteiger partial charge is 0.244 e. The molecule has 6 nitrogen and oxygen atoms in total. The van der Waals surface area contributed by atoms with Crippen LogP contribution in [0.25, 0.3) is 16.5 Å². The van der Waals surface area contributed by atoms with Crippen LogP contribution < -0.4 is 10.6 Å². The molecule has 0 bridgehead atoms. The highest BCUT2D eigenvalue weighted by Gasteiger charge is 2.42. The Morgan fingerprint density at radius 3 is 2.49 bits per heavy atom. The molecule has 7 heteroatoms. The lowest BCUT2D eigenvalue weighted by Crippen LogP contribution is -2.37. The zero-order valence-corrected chi connectivity index (χ0v) is 22.7. The minimum absolute atomic E-state index is 0.118. The molecule has 6 rings (SSSR count). The third-order valence-corrected chi connectivity index (χ3v) is 7.72. The van der Waals surface area contributed by atoms with Crippen LogP contribution in [0.15, 0.2) is 103 Å². The quantitative estimate of drug-likeness (QED) is 0.254. The molecule has 1 amide bonds. The van der Waals surface area contributed by atoms with Crippen molar-refractivity contribution in [3.05, 3.63) is 126 Å². The fourth-order valence-corrected chi connectivity index (χ4v) is 5.96. The summed E-state index contributed by atoms with van der Waals surface area (Å²) < 4.78 is 2.30. The van der Waals surface area contributed by atoms with Crippen LogP contribution in [-0.2, 0) is 4.79 Å². The Morgan fingerprint density at radius 2 is 1.69 bits per heavy atom. The van der Waals surface area contributed by atoms with Gasteiger partial charge in [-0.05, 0) is 73.4 Å². The number of carbonyl (C=O) groups excluding carboxylic acids is 1. The molecule has 39 heavy (non-hydrogen) atoms. The monoisotopic (exact) mass is 531 g/mol. The van der Waals surface area contributed by atoms with E-state index in [9.17, 15) is 4.79 Å². The maximum Gasteiger partial charge on any atom is 0.244 e. The summed E-state index contributed by atoms with van der Waals surface area (Å²) in [7, 11) is 0. The summed E-state index contributed by atoms with van der Waals surface area (Å²) in [5, 5.41) is 9.39. The van der Waals surface area contributed by atoms with Gasteiger partial charge in [-0.15, -0.1) is 0 Å². The Kier molecular flexibility index (Phi) is 6.59. The van der Waals surface area contributed by atoms with Gasteiger partial charge in [-0.3, -0.25) is 9.78 Å². The standard InChI is InChI=1S/C32H29N5OS/c1-21-19-26(22(2)37(21)28-17-10-12-23-11-6-7-15-25(23)28)31-30(27-16-8-9-18-33-27)35-32(39)36(31)20-29(38)34-24-13-4-3-5-14-24/h3-19,30-31H,20H2,1-2H3,(H,34,38)(H,35,39)/t30-,31-/m0/s1. The van der Waals surface area contributed by atoms with Crippen molar-refractivity contribution in [2.75, 3.05) is 11.9 Å². The highest BCUT2D eigenvalue weighted by molar-refractivity contribution is 7.80. The summed E-state index contributed by atoms with van der Waals surface area (Å²) in [6.45, 7) is 4.39. The maximum absolute atomic E-state index is 13.2. The van der Waals surface area contributed by atoms with Crippen molar-refractivity contribution in [1.82, 2.24) is 19.8 Å². The molecule has 2 atom stereocenters. The summed E-state index contributed by atoms with van der Waals surface area (Å²) in [6.07, 6.45) is 1.79. The van der Waals surface area contributed by atoms with Crippen LogP contribution in [0.5, 0.6) is 0 Å². The second-order valence-corrected chi connectivity index (χ2v) is 10.2. The van der Waals surface area contributed by atoms with Crippen LogP contribution in [0, 0.1) is 13.8 Å². The van der Waals surface area contributed by atoms with E-state index in [1.807, 2.05) is 53.4 Å². The molecule has 3 heterocycles. The Labute approximate surface area is 233 Å². The average Bonchev–Trinajstić information content (AvgIpc) is 3.43. The zero-order chi connectivity index (χ0) is 26.9. The molecule has 1 aliphatic heterocycles. The summed E-state index contributed by atoms with van der Waals surface area (Å²) in [6, 6.07) is 32.0. The summed E-state index contributed by atoms with van der Waals surface area (Å²) in [5.41, 5.74) is 6.10. The number of rotatable bonds is 6. The molecule has 0 saturated carbocycles. The first-order chi connectivity index (χ1) is 19.0. The Balaban J connectivity index is 1.43. The van der Waals surface area contributed by atoms with Gasteiger partial charge in [0.25, 0.3) is 0 Å².